The molecule has 1 aliphatic rings. The number of nitrogens with one attached hydrogen (secondary N) is 1. The van der Waals surface area contributed by atoms with E-state index in [9.17, 15) is 9.59 Å². The fourth-order valence-electron chi connectivity index (χ4n) is 2.72. The van der Waals surface area contributed by atoms with Gasteiger partial charge in [0.15, 0.2) is 0 Å². The van der Waals surface area contributed by atoms with E-state index in [2.05, 4.69) is 5.32 Å². The summed E-state index contributed by atoms with van der Waals surface area (Å²) < 4.78 is 10.5. The third-order valence-electron chi connectivity index (χ3n) is 3.94. The quantitative estimate of drug-likeness (QED) is 0.651. The Morgan fingerprint density at radius 3 is 2.96 bits per heavy atom. The highest BCUT2D eigenvalue weighted by atomic mass is 16.5. The van der Waals surface area contributed by atoms with Crippen molar-refractivity contribution in [2.24, 2.45) is 0 Å². The molecule has 0 saturated carbocycles. The molecule has 1 saturated heterocycles. The molecule has 24 heavy (non-hydrogen) atoms. The van der Waals surface area contributed by atoms with Crippen LogP contribution >= 0.6 is 0 Å². The van der Waals surface area contributed by atoms with Crippen molar-refractivity contribution in [2.45, 2.75) is 25.4 Å². The van der Waals surface area contributed by atoms with Crippen LogP contribution in [-0.4, -0.2) is 61.3 Å². The van der Waals surface area contributed by atoms with Crippen molar-refractivity contribution in [1.29, 1.82) is 0 Å². The number of nitrogens with zero attached hydrogens (tertiary/aromatic N) is 1. The lowest BCUT2D eigenvalue weighted by atomic mass is 10.2. The molecule has 7 nitrogen and oxygen atoms in total. The number of rotatable bonds is 9. The predicted molar refractivity (Wildman–Crippen MR) is 87.9 cm³/mol. The van der Waals surface area contributed by atoms with E-state index < -0.39 is 12.0 Å². The van der Waals surface area contributed by atoms with Crippen LogP contribution in [0.2, 0.25) is 0 Å². The van der Waals surface area contributed by atoms with Gasteiger partial charge in [-0.15, -0.1) is 0 Å². The van der Waals surface area contributed by atoms with Crippen molar-refractivity contribution in [3.63, 3.8) is 0 Å². The van der Waals surface area contributed by atoms with Gasteiger partial charge in [0.2, 0.25) is 5.91 Å². The molecule has 1 heterocycles. The van der Waals surface area contributed by atoms with Crippen LogP contribution in [0.4, 0.5) is 0 Å². The van der Waals surface area contributed by atoms with Crippen LogP contribution in [0, 0.1) is 0 Å². The first-order valence-corrected chi connectivity index (χ1v) is 8.04. The van der Waals surface area contributed by atoms with Gasteiger partial charge in [-0.1, -0.05) is 12.1 Å². The van der Waals surface area contributed by atoms with E-state index in [-0.39, 0.29) is 12.5 Å². The number of likely N-dealkylation sites (tertiary alicyclic amines) is 1. The second-order valence-corrected chi connectivity index (χ2v) is 5.73. The van der Waals surface area contributed by atoms with E-state index in [4.69, 9.17) is 14.6 Å². The maximum atomic E-state index is 12.0. The average molecular weight is 336 g/mol. The molecule has 1 aliphatic heterocycles. The Labute approximate surface area is 141 Å². The van der Waals surface area contributed by atoms with E-state index in [0.29, 0.717) is 32.7 Å². The van der Waals surface area contributed by atoms with Crippen LogP contribution in [0.15, 0.2) is 24.3 Å². The van der Waals surface area contributed by atoms with Gasteiger partial charge in [0.25, 0.3) is 0 Å². The summed E-state index contributed by atoms with van der Waals surface area (Å²) in [5.41, 5.74) is 0.925. The monoisotopic (exact) mass is 336 g/mol. The lowest BCUT2D eigenvalue weighted by Crippen LogP contribution is -2.42. The zero-order valence-electron chi connectivity index (χ0n) is 13.9. The van der Waals surface area contributed by atoms with Gasteiger partial charge in [-0.25, -0.2) is 0 Å². The van der Waals surface area contributed by atoms with E-state index in [1.807, 2.05) is 24.3 Å². The van der Waals surface area contributed by atoms with Crippen molar-refractivity contribution in [3.8, 4) is 5.75 Å². The zero-order valence-corrected chi connectivity index (χ0v) is 13.9. The van der Waals surface area contributed by atoms with Gasteiger partial charge in [0, 0.05) is 13.7 Å². The maximum absolute atomic E-state index is 12.0. The van der Waals surface area contributed by atoms with Crippen LogP contribution in [0.25, 0.3) is 0 Å². The van der Waals surface area contributed by atoms with E-state index in [1.54, 1.807) is 12.0 Å². The van der Waals surface area contributed by atoms with E-state index >= 15 is 0 Å². The lowest BCUT2D eigenvalue weighted by molar-refractivity contribution is -0.142. The first-order valence-electron chi connectivity index (χ1n) is 8.04. The first kappa shape index (κ1) is 18.2. The topological polar surface area (TPSA) is 88.1 Å². The van der Waals surface area contributed by atoms with Crippen molar-refractivity contribution in [1.82, 2.24) is 10.2 Å². The molecule has 132 valence electrons. The van der Waals surface area contributed by atoms with Gasteiger partial charge in [-0.3, -0.25) is 14.5 Å². The van der Waals surface area contributed by atoms with Gasteiger partial charge >= 0.3 is 5.97 Å². The number of carboxylic acids is 1. The Morgan fingerprint density at radius 2 is 2.21 bits per heavy atom. The summed E-state index contributed by atoms with van der Waals surface area (Å²) in [5, 5.41) is 12.0. The SMILES string of the molecule is COCCOc1cccc(CNC(=O)CN2CCC[C@H]2C(=O)O)c1. The summed E-state index contributed by atoms with van der Waals surface area (Å²) in [6.07, 6.45) is 1.41. The first-order chi connectivity index (χ1) is 11.6. The molecule has 0 bridgehead atoms. The molecular formula is C17H24N2O5. The smallest absolute Gasteiger partial charge is 0.320 e. The molecule has 2 rings (SSSR count). The minimum atomic E-state index is -0.860. The van der Waals surface area contributed by atoms with E-state index in [0.717, 1.165) is 17.7 Å². The largest absolute Gasteiger partial charge is 0.491 e. The number of methoxy groups -OCH3 is 1. The Morgan fingerprint density at radius 1 is 1.38 bits per heavy atom. The lowest BCUT2D eigenvalue weighted by Gasteiger charge is -2.20. The molecule has 0 unspecified atom stereocenters. The van der Waals surface area contributed by atoms with Gasteiger partial charge in [-0.05, 0) is 37.1 Å². The third-order valence-corrected chi connectivity index (χ3v) is 3.94. The molecule has 0 radical (unpaired) electrons. The summed E-state index contributed by atoms with van der Waals surface area (Å²) in [6, 6.07) is 6.94. The minimum absolute atomic E-state index is 0.112. The van der Waals surface area contributed by atoms with Crippen molar-refractivity contribution in [2.75, 3.05) is 33.4 Å². The normalized spacial score (nSPS) is 17.6. The molecular weight excluding hydrogens is 312 g/mol. The Bertz CT molecular complexity index is 564. The number of carbonyl (C=O) groups excluding carboxylic acids is 1. The molecule has 0 aromatic heterocycles. The fourth-order valence-corrected chi connectivity index (χ4v) is 2.72. The number of benzene rings is 1. The fraction of sp³-hybridized carbons (Fsp3) is 0.529. The number of carboxylic acid groups (broad SMARTS) is 1. The molecule has 7 heteroatoms. The number of ether oxygens (including phenoxy) is 2. The Hall–Kier alpha value is -2.12. The molecule has 2 N–H and O–H groups in total. The highest BCUT2D eigenvalue weighted by molar-refractivity contribution is 5.80. The number of aliphatic carboxylic acids is 1. The molecule has 0 spiro atoms. The summed E-state index contributed by atoms with van der Waals surface area (Å²) in [6.45, 7) is 2.12. The molecule has 1 atom stereocenters. The van der Waals surface area contributed by atoms with Crippen molar-refractivity contribution < 1.29 is 24.2 Å². The van der Waals surface area contributed by atoms with Crippen molar-refractivity contribution >= 4 is 11.9 Å². The summed E-state index contributed by atoms with van der Waals surface area (Å²) in [5.74, 6) is -0.306. The van der Waals surface area contributed by atoms with Gasteiger partial charge in [-0.2, -0.15) is 0 Å². The third kappa shape index (κ3) is 5.50. The van der Waals surface area contributed by atoms with Crippen LogP contribution in [0.1, 0.15) is 18.4 Å². The van der Waals surface area contributed by atoms with E-state index in [1.165, 1.54) is 0 Å². The number of hydrogen-bond donors (Lipinski definition) is 2. The number of amides is 1. The predicted octanol–water partition coefficient (Wildman–Crippen LogP) is 0.877. The van der Waals surface area contributed by atoms with Crippen LogP contribution in [-0.2, 0) is 20.9 Å². The molecule has 1 aromatic rings. The van der Waals surface area contributed by atoms with Crippen LogP contribution in [0.3, 0.4) is 0 Å². The zero-order chi connectivity index (χ0) is 17.4. The Balaban J connectivity index is 1.79. The van der Waals surface area contributed by atoms with Crippen molar-refractivity contribution in [3.05, 3.63) is 29.8 Å². The van der Waals surface area contributed by atoms with Crippen LogP contribution < -0.4 is 10.1 Å². The Kier molecular flexibility index (Phi) is 7.02. The molecule has 1 aromatic carbocycles. The molecule has 1 amide bonds. The molecule has 1 fully saturated rings. The van der Waals surface area contributed by atoms with Crippen LogP contribution in [0.5, 0.6) is 5.75 Å². The number of carbonyl (C=O) groups is 2. The highest BCUT2D eigenvalue weighted by Crippen LogP contribution is 2.17. The summed E-state index contributed by atoms with van der Waals surface area (Å²) in [7, 11) is 1.62. The maximum Gasteiger partial charge on any atom is 0.320 e. The summed E-state index contributed by atoms with van der Waals surface area (Å²) in [4.78, 5) is 24.9. The summed E-state index contributed by atoms with van der Waals surface area (Å²) >= 11 is 0. The van der Waals surface area contributed by atoms with Gasteiger partial charge < -0.3 is 19.9 Å². The van der Waals surface area contributed by atoms with Gasteiger partial charge in [0.05, 0.1) is 13.2 Å². The average Bonchev–Trinajstić information content (AvgIpc) is 3.02. The number of hydrogen-bond acceptors (Lipinski definition) is 5. The highest BCUT2D eigenvalue weighted by Gasteiger charge is 2.31. The van der Waals surface area contributed by atoms with Gasteiger partial charge in [0.1, 0.15) is 18.4 Å². The minimum Gasteiger partial charge on any atom is -0.491 e. The standard InChI is InChI=1S/C17H24N2O5/c1-23-8-9-24-14-5-2-4-13(10-14)11-18-16(20)12-19-7-3-6-15(19)17(21)22/h2,4-5,10,15H,3,6-9,11-12H2,1H3,(H,18,20)(H,21,22)/t15-/m0/s1. The second kappa shape index (κ2) is 9.24. The molecule has 0 aliphatic carbocycles. The second-order valence-electron chi connectivity index (χ2n) is 5.73.